The average molecular weight is 92.1 g/mol. The van der Waals surface area contributed by atoms with E-state index < -0.39 is 12.0 Å². The normalized spacial score (nSPS) is 13.7. The molecule has 0 heterocycles. The van der Waals surface area contributed by atoms with Crippen LogP contribution in [0.4, 0.5) is 0 Å². The molecule has 0 aromatic carbocycles. The van der Waals surface area contributed by atoms with Crippen LogP contribution >= 0.6 is 0 Å². The average Bonchev–Trinajstić information content (AvgIpc) is 1.36. The van der Waals surface area contributed by atoms with Gasteiger partial charge in [-0.3, -0.25) is 4.79 Å². The second-order valence-electron chi connectivity index (χ2n) is 1.13. The molecule has 36 valence electrons. The van der Waals surface area contributed by atoms with Crippen LogP contribution in [0.2, 0.25) is 0 Å². The zero-order valence-corrected chi connectivity index (χ0v) is 3.51. The molecule has 0 spiro atoms. The third kappa shape index (κ3) is 1.72. The second kappa shape index (κ2) is 1.77. The van der Waals surface area contributed by atoms with E-state index in [1.54, 1.807) is 0 Å². The van der Waals surface area contributed by atoms with E-state index >= 15 is 0 Å². The molecule has 0 aliphatic carbocycles. The van der Waals surface area contributed by atoms with Gasteiger partial charge in [0, 0.05) is 0 Å². The first-order chi connectivity index (χ1) is 2.64. The molecule has 0 aliphatic heterocycles. The Balaban J connectivity index is 3.26. The van der Waals surface area contributed by atoms with Gasteiger partial charge in [-0.2, -0.15) is 0 Å². The minimum atomic E-state index is -0.963. The quantitative estimate of drug-likeness (QED) is 0.336. The van der Waals surface area contributed by atoms with Crippen LogP contribution in [-0.4, -0.2) is 17.1 Å². The van der Waals surface area contributed by atoms with Gasteiger partial charge in [0.25, 0.3) is 0 Å². The lowest BCUT2D eigenvalue weighted by molar-refractivity contribution is -0.138. The van der Waals surface area contributed by atoms with Crippen molar-refractivity contribution in [3.63, 3.8) is 0 Å². The smallest absolute Gasteiger partial charge is 0.320 e. The number of hydrogen-bond donors (Lipinski definition) is 2. The molecular weight excluding hydrogens is 85.0 g/mol. The lowest BCUT2D eigenvalue weighted by Gasteiger charge is -1.90. The van der Waals surface area contributed by atoms with E-state index in [1.165, 1.54) is 6.92 Å². The van der Waals surface area contributed by atoms with Gasteiger partial charge >= 0.3 is 5.97 Å². The molecule has 6 heavy (non-hydrogen) atoms. The topological polar surface area (TPSA) is 63.3 Å². The lowest BCUT2D eigenvalue weighted by atomic mass is 10.8. The van der Waals surface area contributed by atoms with Crippen molar-refractivity contribution < 1.29 is 9.90 Å². The van der Waals surface area contributed by atoms with Crippen LogP contribution in [-0.2, 0) is 4.79 Å². The largest absolute Gasteiger partial charge is 0.480 e. The van der Waals surface area contributed by atoms with E-state index in [0.29, 0.717) is 0 Å². The van der Waals surface area contributed by atoms with Crippen LogP contribution in [0.25, 0.3) is 0 Å². The standard InChI is InChI=1S/C3H7NO2/c1-2(4)3(5)6/h2H,4H2,1H3,(H,5,6)/t2-/m0/s1/i1+1,3+1,4+1. The number of nitrogens with two attached hydrogens (primary N) is 1. The predicted molar refractivity (Wildman–Crippen MR) is 21.3 cm³/mol. The Kier molecular flexibility index (Phi) is 1.60. The van der Waals surface area contributed by atoms with Crippen molar-refractivity contribution in [2.24, 2.45) is 5.73 Å². The second-order valence-corrected chi connectivity index (χ2v) is 1.13. The summed E-state index contributed by atoms with van der Waals surface area (Å²) >= 11 is 0. The fourth-order valence-corrected chi connectivity index (χ4v) is 0. The molecule has 0 radical (unpaired) electrons. The first-order valence-corrected chi connectivity index (χ1v) is 1.63. The van der Waals surface area contributed by atoms with E-state index in [-0.39, 0.29) is 0 Å². The van der Waals surface area contributed by atoms with E-state index in [1.807, 2.05) is 0 Å². The zero-order chi connectivity index (χ0) is 5.15. The zero-order valence-electron chi connectivity index (χ0n) is 3.51. The van der Waals surface area contributed by atoms with Crippen LogP contribution in [0.3, 0.4) is 0 Å². The van der Waals surface area contributed by atoms with Crippen LogP contribution < -0.4 is 5.73 Å². The predicted octanol–water partition coefficient (Wildman–Crippen LogP) is -0.582. The molecule has 0 aromatic heterocycles. The fraction of sp³-hybridized carbons (Fsp3) is 0.667. The highest BCUT2D eigenvalue weighted by Crippen LogP contribution is 1.68. The lowest BCUT2D eigenvalue weighted by Crippen LogP contribution is -2.25. The molecule has 0 rings (SSSR count). The number of carboxylic acids is 1. The SMILES string of the molecule is [13CH3][C@H]([15NH2])[13C](=O)O. The van der Waals surface area contributed by atoms with Crippen molar-refractivity contribution in [1.82, 2.24) is 0 Å². The third-order valence-corrected chi connectivity index (χ3v) is 0.390. The van der Waals surface area contributed by atoms with Gasteiger partial charge in [0.05, 0.1) is 0 Å². The number of hydrogen-bond acceptors (Lipinski definition) is 2. The van der Waals surface area contributed by atoms with E-state index in [2.05, 4.69) is 0 Å². The van der Waals surface area contributed by atoms with Gasteiger partial charge < -0.3 is 10.8 Å². The fourth-order valence-electron chi connectivity index (χ4n) is 0. The summed E-state index contributed by atoms with van der Waals surface area (Å²) in [4.78, 5) is 9.57. The minimum absolute atomic E-state index is 0.731. The Hall–Kier alpha value is -0.570. The van der Waals surface area contributed by atoms with Crippen molar-refractivity contribution >= 4 is 5.97 Å². The van der Waals surface area contributed by atoms with E-state index in [4.69, 9.17) is 10.8 Å². The van der Waals surface area contributed by atoms with Crippen LogP contribution in [0.5, 0.6) is 0 Å². The summed E-state index contributed by atoms with van der Waals surface area (Å²) in [5.41, 5.74) is 4.84. The van der Waals surface area contributed by atoms with Crippen molar-refractivity contribution in [1.29, 1.82) is 0 Å². The molecule has 0 saturated heterocycles. The summed E-state index contributed by atoms with van der Waals surface area (Å²) in [5, 5.41) is 7.87. The Morgan fingerprint density at radius 1 is 2.00 bits per heavy atom. The summed E-state index contributed by atoms with van der Waals surface area (Å²) in [6.07, 6.45) is 0. The summed E-state index contributed by atoms with van der Waals surface area (Å²) in [7, 11) is 0. The first-order valence-electron chi connectivity index (χ1n) is 1.63. The molecule has 0 amide bonds. The van der Waals surface area contributed by atoms with Gasteiger partial charge in [-0.15, -0.1) is 0 Å². The van der Waals surface area contributed by atoms with Crippen molar-refractivity contribution in [2.75, 3.05) is 0 Å². The van der Waals surface area contributed by atoms with E-state index in [0.717, 1.165) is 0 Å². The molecule has 3 nitrogen and oxygen atoms in total. The van der Waals surface area contributed by atoms with Gasteiger partial charge in [-0.1, -0.05) is 0 Å². The molecule has 0 aliphatic rings. The van der Waals surface area contributed by atoms with Crippen LogP contribution in [0.1, 0.15) is 6.92 Å². The maximum Gasteiger partial charge on any atom is 0.320 e. The van der Waals surface area contributed by atoms with Gasteiger partial charge in [-0.25, -0.2) is 0 Å². The van der Waals surface area contributed by atoms with E-state index in [9.17, 15) is 4.79 Å². The molecule has 0 fully saturated rings. The summed E-state index contributed by atoms with van der Waals surface area (Å²) in [6.45, 7) is 1.42. The Labute approximate surface area is 35.8 Å². The summed E-state index contributed by atoms with van der Waals surface area (Å²) < 4.78 is 0. The van der Waals surface area contributed by atoms with Gasteiger partial charge in [0.15, 0.2) is 0 Å². The number of carboxylic acid groups (broad SMARTS) is 1. The molecule has 3 heteroatoms. The Morgan fingerprint density at radius 2 is 2.17 bits per heavy atom. The number of carbonyl (C=O) groups is 1. The van der Waals surface area contributed by atoms with Crippen LogP contribution in [0, 0.1) is 0 Å². The Bertz CT molecular complexity index is 59.8. The van der Waals surface area contributed by atoms with Crippen molar-refractivity contribution in [2.45, 2.75) is 13.0 Å². The number of rotatable bonds is 1. The number of aliphatic carboxylic acids is 1. The molecule has 0 aromatic rings. The van der Waals surface area contributed by atoms with Gasteiger partial charge in [-0.05, 0) is 6.92 Å². The Morgan fingerprint density at radius 3 is 2.17 bits per heavy atom. The monoisotopic (exact) mass is 92.1 g/mol. The molecular formula is C3H7NO2. The van der Waals surface area contributed by atoms with Crippen molar-refractivity contribution in [3.8, 4) is 0 Å². The molecule has 1 atom stereocenters. The molecule has 0 bridgehead atoms. The maximum absolute atomic E-state index is 9.57. The maximum atomic E-state index is 9.57. The highest BCUT2D eigenvalue weighted by atomic mass is 16.5. The summed E-state index contributed by atoms with van der Waals surface area (Å²) in [6, 6.07) is -0.731. The highest BCUT2D eigenvalue weighted by Gasteiger charge is 1.99. The first kappa shape index (κ1) is 5.43. The summed E-state index contributed by atoms with van der Waals surface area (Å²) in [5.74, 6) is -0.963. The third-order valence-electron chi connectivity index (χ3n) is 0.390. The molecule has 0 saturated carbocycles. The van der Waals surface area contributed by atoms with Crippen molar-refractivity contribution in [3.05, 3.63) is 0 Å². The van der Waals surface area contributed by atoms with Crippen LogP contribution in [0.15, 0.2) is 0 Å². The molecule has 3 N–H and O–H groups in total. The minimum Gasteiger partial charge on any atom is -0.480 e. The highest BCUT2D eigenvalue weighted by molar-refractivity contribution is 5.72. The van der Waals surface area contributed by atoms with Gasteiger partial charge in [0.1, 0.15) is 6.04 Å². The van der Waals surface area contributed by atoms with Gasteiger partial charge in [0.2, 0.25) is 0 Å². The molecule has 0 unspecified atom stereocenters.